The van der Waals surface area contributed by atoms with Crippen LogP contribution in [0.25, 0.3) is 0 Å². The molecular weight excluding hydrogens is 544 g/mol. The first-order valence-corrected chi connectivity index (χ1v) is 13.4. The zero-order chi connectivity index (χ0) is 29.9. The van der Waals surface area contributed by atoms with Gasteiger partial charge in [0.25, 0.3) is 0 Å². The molecule has 236 valence electrons. The van der Waals surface area contributed by atoms with Crippen LogP contribution in [0, 0.1) is 5.92 Å². The smallest absolute Gasteiger partial charge is 0.187 e. The summed E-state index contributed by atoms with van der Waals surface area (Å²) < 4.78 is 33.5. The molecule has 0 aromatic carbocycles. The van der Waals surface area contributed by atoms with Crippen molar-refractivity contribution < 1.29 is 79.5 Å². The van der Waals surface area contributed by atoms with Gasteiger partial charge in [-0.1, -0.05) is 20.3 Å². The van der Waals surface area contributed by atoms with E-state index in [9.17, 15) is 51.1 Å². The van der Waals surface area contributed by atoms with Gasteiger partial charge in [0.05, 0.1) is 32.0 Å². The van der Waals surface area contributed by atoms with Gasteiger partial charge in [0.1, 0.15) is 67.1 Å². The van der Waals surface area contributed by atoms with Crippen LogP contribution in [0.15, 0.2) is 0 Å². The quantitative estimate of drug-likeness (QED) is 0.108. The zero-order valence-electron chi connectivity index (χ0n) is 22.6. The van der Waals surface area contributed by atoms with Gasteiger partial charge in [-0.2, -0.15) is 0 Å². The molecule has 0 spiro atoms. The summed E-state index contributed by atoms with van der Waals surface area (Å²) >= 11 is 0. The highest BCUT2D eigenvalue weighted by Gasteiger charge is 2.51. The molecule has 0 aromatic rings. The second-order valence-corrected chi connectivity index (χ2v) is 10.6. The standard InChI is InChI=1S/C24H44O16/c1-4-8(2)12(39-23-18(32)16(30)13(27)9(3)36-23)7-35-22-20(34)21(15(29)11(6-26)37-22)40-24-19(33)17(31)14(28)10(5-25)38-24/h8-34H,4-7H2,1-3H3. The third-order valence-electron chi connectivity index (χ3n) is 7.78. The average molecular weight is 589 g/mol. The molecule has 0 saturated carbocycles. The highest BCUT2D eigenvalue weighted by molar-refractivity contribution is 4.94. The van der Waals surface area contributed by atoms with E-state index in [4.69, 9.17) is 28.4 Å². The highest BCUT2D eigenvalue weighted by atomic mass is 16.7. The van der Waals surface area contributed by atoms with E-state index in [1.165, 1.54) is 6.92 Å². The van der Waals surface area contributed by atoms with Crippen LogP contribution in [0.5, 0.6) is 0 Å². The zero-order valence-corrected chi connectivity index (χ0v) is 22.6. The van der Waals surface area contributed by atoms with Gasteiger partial charge in [-0.25, -0.2) is 0 Å². The third-order valence-corrected chi connectivity index (χ3v) is 7.78. The number of rotatable bonds is 11. The van der Waals surface area contributed by atoms with Gasteiger partial charge in [-0.05, 0) is 12.8 Å². The predicted octanol–water partition coefficient (Wildman–Crippen LogP) is -5.11. The first kappa shape index (κ1) is 33.9. The lowest BCUT2D eigenvalue weighted by Gasteiger charge is -2.46. The fourth-order valence-electron chi connectivity index (χ4n) is 4.77. The highest BCUT2D eigenvalue weighted by Crippen LogP contribution is 2.31. The monoisotopic (exact) mass is 588 g/mol. The van der Waals surface area contributed by atoms with Crippen molar-refractivity contribution in [1.29, 1.82) is 0 Å². The van der Waals surface area contributed by atoms with Gasteiger partial charge < -0.3 is 79.5 Å². The third kappa shape index (κ3) is 7.28. The van der Waals surface area contributed by atoms with Crippen molar-refractivity contribution >= 4 is 0 Å². The molecule has 0 aliphatic carbocycles. The lowest BCUT2D eigenvalue weighted by molar-refractivity contribution is -0.364. The van der Waals surface area contributed by atoms with E-state index in [0.29, 0.717) is 6.42 Å². The molecule has 3 heterocycles. The summed E-state index contributed by atoms with van der Waals surface area (Å²) in [5, 5.41) is 102. The topological polar surface area (TPSA) is 258 Å². The van der Waals surface area contributed by atoms with Crippen molar-refractivity contribution in [2.24, 2.45) is 5.92 Å². The van der Waals surface area contributed by atoms with Crippen LogP contribution in [0.3, 0.4) is 0 Å². The molecule has 10 N–H and O–H groups in total. The number of aliphatic hydroxyl groups excluding tert-OH is 10. The molecule has 16 heteroatoms. The lowest BCUT2D eigenvalue weighted by Crippen LogP contribution is -2.65. The Morgan fingerprint density at radius 1 is 0.650 bits per heavy atom. The normalized spacial score (nSPS) is 48.1. The Kier molecular flexibility index (Phi) is 12.4. The molecule has 3 aliphatic heterocycles. The number of hydrogen-bond donors (Lipinski definition) is 10. The molecule has 3 aliphatic rings. The largest absolute Gasteiger partial charge is 0.394 e. The molecule has 0 radical (unpaired) electrons. The number of ether oxygens (including phenoxy) is 6. The molecule has 0 amide bonds. The Morgan fingerprint density at radius 3 is 1.80 bits per heavy atom. The molecule has 17 unspecified atom stereocenters. The van der Waals surface area contributed by atoms with Crippen LogP contribution in [0.2, 0.25) is 0 Å². The van der Waals surface area contributed by atoms with E-state index >= 15 is 0 Å². The van der Waals surface area contributed by atoms with Crippen LogP contribution >= 0.6 is 0 Å². The van der Waals surface area contributed by atoms with E-state index < -0.39 is 111 Å². The van der Waals surface area contributed by atoms with E-state index in [0.717, 1.165) is 0 Å². The summed E-state index contributed by atoms with van der Waals surface area (Å²) in [6.45, 7) is 3.51. The molecular formula is C24H44O16. The average Bonchev–Trinajstić information content (AvgIpc) is 2.94. The van der Waals surface area contributed by atoms with Crippen molar-refractivity contribution in [3.8, 4) is 0 Å². The van der Waals surface area contributed by atoms with Gasteiger partial charge in [0.2, 0.25) is 0 Å². The van der Waals surface area contributed by atoms with Gasteiger partial charge in [-0.3, -0.25) is 0 Å². The number of aliphatic hydroxyl groups is 10. The first-order valence-electron chi connectivity index (χ1n) is 13.4. The van der Waals surface area contributed by atoms with Gasteiger partial charge in [0, 0.05) is 0 Å². The minimum atomic E-state index is -1.81. The Morgan fingerprint density at radius 2 is 1.20 bits per heavy atom. The Balaban J connectivity index is 1.71. The van der Waals surface area contributed by atoms with Crippen molar-refractivity contribution in [1.82, 2.24) is 0 Å². The molecule has 40 heavy (non-hydrogen) atoms. The van der Waals surface area contributed by atoms with Crippen LogP contribution in [0.4, 0.5) is 0 Å². The second-order valence-electron chi connectivity index (χ2n) is 10.6. The molecule has 0 aromatic heterocycles. The molecule has 3 fully saturated rings. The fraction of sp³-hybridized carbons (Fsp3) is 1.00. The summed E-state index contributed by atoms with van der Waals surface area (Å²) in [5.74, 6) is -0.198. The van der Waals surface area contributed by atoms with Crippen LogP contribution in [-0.4, -0.2) is 169 Å². The minimum Gasteiger partial charge on any atom is -0.394 e. The van der Waals surface area contributed by atoms with Crippen molar-refractivity contribution in [3.05, 3.63) is 0 Å². The van der Waals surface area contributed by atoms with E-state index in [1.807, 2.05) is 13.8 Å². The molecule has 17 atom stereocenters. The Bertz CT molecular complexity index is 760. The second kappa shape index (κ2) is 14.7. The SMILES string of the molecule is CCC(C)C(COC1OC(CO)C(O)C(OC2OC(CO)C(O)C(O)C2O)C1O)OC1OC(C)C(O)C(O)C1O. The maximum Gasteiger partial charge on any atom is 0.187 e. The fourth-order valence-corrected chi connectivity index (χ4v) is 4.77. The Hall–Kier alpha value is -0.640. The maximum atomic E-state index is 11.0. The van der Waals surface area contributed by atoms with Gasteiger partial charge in [-0.15, -0.1) is 0 Å². The van der Waals surface area contributed by atoms with Gasteiger partial charge in [0.15, 0.2) is 18.9 Å². The molecule has 3 rings (SSSR count). The number of hydrogen-bond acceptors (Lipinski definition) is 16. The maximum absolute atomic E-state index is 11.0. The van der Waals surface area contributed by atoms with Crippen molar-refractivity contribution in [3.63, 3.8) is 0 Å². The van der Waals surface area contributed by atoms with E-state index in [-0.39, 0.29) is 12.5 Å². The van der Waals surface area contributed by atoms with Crippen molar-refractivity contribution in [2.75, 3.05) is 19.8 Å². The summed E-state index contributed by atoms with van der Waals surface area (Å²) in [4.78, 5) is 0. The molecule has 0 bridgehead atoms. The molecule has 3 saturated heterocycles. The predicted molar refractivity (Wildman–Crippen MR) is 129 cm³/mol. The lowest BCUT2D eigenvalue weighted by atomic mass is 9.97. The summed E-state index contributed by atoms with van der Waals surface area (Å²) in [6.07, 6.45) is -22.7. The first-order chi connectivity index (χ1) is 18.9. The van der Waals surface area contributed by atoms with E-state index in [2.05, 4.69) is 0 Å². The summed E-state index contributed by atoms with van der Waals surface area (Å²) in [5.41, 5.74) is 0. The minimum absolute atomic E-state index is 0.198. The summed E-state index contributed by atoms with van der Waals surface area (Å²) in [7, 11) is 0. The van der Waals surface area contributed by atoms with Crippen molar-refractivity contribution in [2.45, 2.75) is 125 Å². The Labute approximate surface area is 231 Å². The van der Waals surface area contributed by atoms with Crippen LogP contribution in [0.1, 0.15) is 27.2 Å². The van der Waals surface area contributed by atoms with Gasteiger partial charge >= 0.3 is 0 Å². The van der Waals surface area contributed by atoms with Crippen LogP contribution < -0.4 is 0 Å². The summed E-state index contributed by atoms with van der Waals surface area (Å²) in [6, 6.07) is 0. The molecule has 16 nitrogen and oxygen atoms in total. The van der Waals surface area contributed by atoms with E-state index in [1.54, 1.807) is 0 Å². The van der Waals surface area contributed by atoms with Crippen LogP contribution in [-0.2, 0) is 28.4 Å².